The number of benzene rings is 1. The molecule has 0 aliphatic heterocycles. The van der Waals surface area contributed by atoms with Crippen molar-refractivity contribution in [1.82, 2.24) is 5.32 Å². The molecule has 1 aromatic rings. The molecule has 0 aliphatic rings. The van der Waals surface area contributed by atoms with Crippen LogP contribution in [0.1, 0.15) is 19.8 Å². The number of nitrogens with one attached hydrogen (secondary N) is 1. The number of hydrogen-bond acceptors (Lipinski definition) is 3. The summed E-state index contributed by atoms with van der Waals surface area (Å²) in [5, 5.41) is 19.8. The van der Waals surface area contributed by atoms with E-state index < -0.39 is 12.0 Å². The molecule has 0 bridgehead atoms. The average molecular weight is 239 g/mol. The van der Waals surface area contributed by atoms with Crippen LogP contribution in [0.25, 0.3) is 0 Å². The molecule has 4 heteroatoms. The van der Waals surface area contributed by atoms with Gasteiger partial charge in [0.05, 0.1) is 0 Å². The lowest BCUT2D eigenvalue weighted by molar-refractivity contribution is -0.139. The molecular formula is C13H21NO3. The molecule has 3 N–H and O–H groups in total. The van der Waals surface area contributed by atoms with Gasteiger partial charge in [-0.15, -0.1) is 0 Å². The highest BCUT2D eigenvalue weighted by molar-refractivity contribution is 5.73. The third-order valence-electron chi connectivity index (χ3n) is 2.02. The Bertz CT molecular complexity index is 251. The summed E-state index contributed by atoms with van der Waals surface area (Å²) < 4.78 is 0. The molecule has 1 atom stereocenters. The number of aliphatic hydroxyl groups is 1. The zero-order valence-electron chi connectivity index (χ0n) is 10.2. The number of hydrogen-bond donors (Lipinski definition) is 3. The van der Waals surface area contributed by atoms with Gasteiger partial charge in [0.2, 0.25) is 0 Å². The topological polar surface area (TPSA) is 69.6 Å². The van der Waals surface area contributed by atoms with Crippen molar-refractivity contribution in [2.24, 2.45) is 0 Å². The Balaban J connectivity index is 0.000000354. The standard InChI is InChI=1S/C7H15NO3.C6H6/c1-2-4-8-6(3-5-9)7(10)11;1-2-4-6-5-3-1/h6,8-9H,2-5H2,1H3,(H,10,11);1-6H/t6-;/m0./s1. The fourth-order valence-electron chi connectivity index (χ4n) is 1.15. The van der Waals surface area contributed by atoms with Crippen LogP contribution in [0.15, 0.2) is 36.4 Å². The van der Waals surface area contributed by atoms with Gasteiger partial charge in [0.25, 0.3) is 0 Å². The molecule has 0 unspecified atom stereocenters. The van der Waals surface area contributed by atoms with E-state index in [1.807, 2.05) is 43.3 Å². The van der Waals surface area contributed by atoms with Gasteiger partial charge in [0.1, 0.15) is 6.04 Å². The van der Waals surface area contributed by atoms with Crippen molar-refractivity contribution in [3.63, 3.8) is 0 Å². The maximum atomic E-state index is 10.4. The molecule has 0 amide bonds. The lowest BCUT2D eigenvalue weighted by Crippen LogP contribution is -2.37. The van der Waals surface area contributed by atoms with Gasteiger partial charge in [0, 0.05) is 6.61 Å². The van der Waals surface area contributed by atoms with Gasteiger partial charge in [0.15, 0.2) is 0 Å². The summed E-state index contributed by atoms with van der Waals surface area (Å²) in [6.07, 6.45) is 1.17. The van der Waals surface area contributed by atoms with Crippen molar-refractivity contribution in [2.75, 3.05) is 13.2 Å². The molecule has 1 rings (SSSR count). The van der Waals surface area contributed by atoms with Crippen LogP contribution in [-0.4, -0.2) is 35.4 Å². The van der Waals surface area contributed by atoms with Crippen LogP contribution >= 0.6 is 0 Å². The average Bonchev–Trinajstić information content (AvgIpc) is 2.37. The maximum absolute atomic E-state index is 10.4. The third-order valence-corrected chi connectivity index (χ3v) is 2.02. The first-order valence-corrected chi connectivity index (χ1v) is 5.79. The Hall–Kier alpha value is -1.39. The van der Waals surface area contributed by atoms with E-state index >= 15 is 0 Å². The predicted molar refractivity (Wildman–Crippen MR) is 67.9 cm³/mol. The van der Waals surface area contributed by atoms with E-state index in [-0.39, 0.29) is 13.0 Å². The van der Waals surface area contributed by atoms with Crippen LogP contribution in [-0.2, 0) is 4.79 Å². The second kappa shape index (κ2) is 11.1. The summed E-state index contributed by atoms with van der Waals surface area (Å²) >= 11 is 0. The van der Waals surface area contributed by atoms with Gasteiger partial charge in [-0.2, -0.15) is 0 Å². The minimum atomic E-state index is -0.896. The number of aliphatic hydroxyl groups excluding tert-OH is 1. The molecule has 0 saturated carbocycles. The monoisotopic (exact) mass is 239 g/mol. The highest BCUT2D eigenvalue weighted by Crippen LogP contribution is 1.90. The second-order valence-corrected chi connectivity index (χ2v) is 3.51. The lowest BCUT2D eigenvalue weighted by atomic mass is 10.2. The maximum Gasteiger partial charge on any atom is 0.320 e. The van der Waals surface area contributed by atoms with Crippen molar-refractivity contribution >= 4 is 5.97 Å². The number of rotatable bonds is 6. The first-order valence-electron chi connectivity index (χ1n) is 5.79. The fraction of sp³-hybridized carbons (Fsp3) is 0.462. The normalized spacial score (nSPS) is 11.2. The smallest absolute Gasteiger partial charge is 0.320 e. The molecule has 0 aromatic heterocycles. The second-order valence-electron chi connectivity index (χ2n) is 3.51. The van der Waals surface area contributed by atoms with Gasteiger partial charge in [-0.1, -0.05) is 43.3 Å². The minimum absolute atomic E-state index is 0.0896. The third kappa shape index (κ3) is 9.53. The summed E-state index contributed by atoms with van der Waals surface area (Å²) in [6, 6.07) is 11.4. The first kappa shape index (κ1) is 15.6. The molecule has 0 fully saturated rings. The SMILES string of the molecule is CCCN[C@@H](CCO)C(=O)O.c1ccccc1. The van der Waals surface area contributed by atoms with E-state index in [0.717, 1.165) is 6.42 Å². The molecule has 0 heterocycles. The Labute approximate surface area is 102 Å². The van der Waals surface area contributed by atoms with E-state index in [9.17, 15) is 4.79 Å². The zero-order chi connectivity index (χ0) is 12.9. The van der Waals surface area contributed by atoms with Crippen LogP contribution in [0.4, 0.5) is 0 Å². The molecule has 17 heavy (non-hydrogen) atoms. The van der Waals surface area contributed by atoms with Crippen molar-refractivity contribution in [1.29, 1.82) is 0 Å². The van der Waals surface area contributed by atoms with Crippen molar-refractivity contribution in [2.45, 2.75) is 25.8 Å². The molecule has 0 spiro atoms. The van der Waals surface area contributed by atoms with Crippen molar-refractivity contribution < 1.29 is 15.0 Å². The largest absolute Gasteiger partial charge is 0.480 e. The highest BCUT2D eigenvalue weighted by atomic mass is 16.4. The molecule has 0 radical (unpaired) electrons. The summed E-state index contributed by atoms with van der Waals surface area (Å²) in [5.41, 5.74) is 0. The molecule has 4 nitrogen and oxygen atoms in total. The Morgan fingerprint density at radius 2 is 1.65 bits per heavy atom. The highest BCUT2D eigenvalue weighted by Gasteiger charge is 2.14. The van der Waals surface area contributed by atoms with Crippen LogP contribution in [0.5, 0.6) is 0 Å². The van der Waals surface area contributed by atoms with Gasteiger partial charge in [-0.05, 0) is 19.4 Å². The number of carboxylic acid groups (broad SMARTS) is 1. The summed E-state index contributed by atoms with van der Waals surface area (Å²) in [7, 11) is 0. The molecule has 96 valence electrons. The Kier molecular flexibility index (Phi) is 10.2. The van der Waals surface area contributed by atoms with E-state index in [0.29, 0.717) is 6.54 Å². The van der Waals surface area contributed by atoms with Crippen LogP contribution < -0.4 is 5.32 Å². The van der Waals surface area contributed by atoms with Crippen molar-refractivity contribution in [3.05, 3.63) is 36.4 Å². The van der Waals surface area contributed by atoms with Gasteiger partial charge in [-0.25, -0.2) is 0 Å². The molecular weight excluding hydrogens is 218 g/mol. The van der Waals surface area contributed by atoms with E-state index in [1.165, 1.54) is 0 Å². The first-order chi connectivity index (χ1) is 8.22. The quantitative estimate of drug-likeness (QED) is 0.703. The molecule has 1 aromatic carbocycles. The van der Waals surface area contributed by atoms with Gasteiger partial charge < -0.3 is 15.5 Å². The van der Waals surface area contributed by atoms with Crippen LogP contribution in [0.3, 0.4) is 0 Å². The Morgan fingerprint density at radius 3 is 1.94 bits per heavy atom. The lowest BCUT2D eigenvalue weighted by Gasteiger charge is -2.11. The van der Waals surface area contributed by atoms with Crippen molar-refractivity contribution in [3.8, 4) is 0 Å². The number of carbonyl (C=O) groups is 1. The minimum Gasteiger partial charge on any atom is -0.480 e. The van der Waals surface area contributed by atoms with Gasteiger partial charge in [-0.3, -0.25) is 4.79 Å². The van der Waals surface area contributed by atoms with Gasteiger partial charge >= 0.3 is 5.97 Å². The number of aliphatic carboxylic acids is 1. The van der Waals surface area contributed by atoms with E-state index in [2.05, 4.69) is 5.32 Å². The fourth-order valence-corrected chi connectivity index (χ4v) is 1.15. The van der Waals surface area contributed by atoms with Crippen LogP contribution in [0, 0.1) is 0 Å². The molecule has 0 aliphatic carbocycles. The molecule has 0 saturated heterocycles. The van der Waals surface area contributed by atoms with E-state index in [4.69, 9.17) is 10.2 Å². The number of carboxylic acids is 1. The van der Waals surface area contributed by atoms with Crippen LogP contribution in [0.2, 0.25) is 0 Å². The zero-order valence-corrected chi connectivity index (χ0v) is 10.2. The summed E-state index contributed by atoms with van der Waals surface area (Å²) in [6.45, 7) is 2.55. The summed E-state index contributed by atoms with van der Waals surface area (Å²) in [5.74, 6) is -0.896. The van der Waals surface area contributed by atoms with E-state index in [1.54, 1.807) is 0 Å². The summed E-state index contributed by atoms with van der Waals surface area (Å²) in [4.78, 5) is 10.4. The Morgan fingerprint density at radius 1 is 1.18 bits per heavy atom. The predicted octanol–water partition coefficient (Wildman–Crippen LogP) is 1.51.